The standard InChI is InChI=1S/C22H27N3O4S/c1-3-21(26)23-19-6-4-5-17(15-19)22(27)24-18-7-9-20(10-8-18)30(28,29)25-13-11-16(2)12-14-25/h4-10,15-16H,3,11-14H2,1-2H3,(H,23,26)(H,24,27). The number of amides is 2. The molecule has 1 aliphatic heterocycles. The van der Waals surface area contributed by atoms with Gasteiger partial charge in [0, 0.05) is 36.4 Å². The molecule has 7 nitrogen and oxygen atoms in total. The number of sulfonamides is 1. The Morgan fingerprint density at radius 2 is 1.67 bits per heavy atom. The lowest BCUT2D eigenvalue weighted by Gasteiger charge is -2.29. The lowest BCUT2D eigenvalue weighted by atomic mass is 10.0. The summed E-state index contributed by atoms with van der Waals surface area (Å²) in [6.45, 7) is 4.95. The van der Waals surface area contributed by atoms with Crippen molar-refractivity contribution in [3.8, 4) is 0 Å². The molecule has 1 aliphatic rings. The van der Waals surface area contributed by atoms with Crippen molar-refractivity contribution >= 4 is 33.2 Å². The maximum Gasteiger partial charge on any atom is 0.255 e. The third kappa shape index (κ3) is 5.25. The number of hydrogen-bond donors (Lipinski definition) is 2. The van der Waals surface area contributed by atoms with Crippen molar-refractivity contribution in [3.05, 3.63) is 54.1 Å². The van der Waals surface area contributed by atoms with Crippen LogP contribution in [0.1, 0.15) is 43.5 Å². The van der Waals surface area contributed by atoms with Gasteiger partial charge in [0.05, 0.1) is 4.90 Å². The number of rotatable bonds is 6. The maximum absolute atomic E-state index is 12.8. The zero-order chi connectivity index (χ0) is 21.7. The zero-order valence-corrected chi connectivity index (χ0v) is 18.0. The molecule has 8 heteroatoms. The summed E-state index contributed by atoms with van der Waals surface area (Å²) >= 11 is 0. The SMILES string of the molecule is CCC(=O)Nc1cccc(C(=O)Nc2ccc(S(=O)(=O)N3CCC(C)CC3)cc2)c1. The van der Waals surface area contributed by atoms with Crippen LogP contribution in [-0.4, -0.2) is 37.6 Å². The van der Waals surface area contributed by atoms with Crippen molar-refractivity contribution in [1.29, 1.82) is 0 Å². The highest BCUT2D eigenvalue weighted by Gasteiger charge is 2.27. The average molecular weight is 430 g/mol. The van der Waals surface area contributed by atoms with Gasteiger partial charge in [0.25, 0.3) is 5.91 Å². The van der Waals surface area contributed by atoms with Gasteiger partial charge in [-0.05, 0) is 61.2 Å². The summed E-state index contributed by atoms with van der Waals surface area (Å²) in [7, 11) is -3.52. The highest BCUT2D eigenvalue weighted by molar-refractivity contribution is 7.89. The van der Waals surface area contributed by atoms with E-state index in [0.717, 1.165) is 12.8 Å². The summed E-state index contributed by atoms with van der Waals surface area (Å²) in [5.41, 5.74) is 1.43. The van der Waals surface area contributed by atoms with Gasteiger partial charge in [0.2, 0.25) is 15.9 Å². The Morgan fingerprint density at radius 1 is 1.00 bits per heavy atom. The van der Waals surface area contributed by atoms with Crippen molar-refractivity contribution in [2.45, 2.75) is 38.0 Å². The fourth-order valence-corrected chi connectivity index (χ4v) is 4.75. The summed E-state index contributed by atoms with van der Waals surface area (Å²) in [6.07, 6.45) is 2.08. The highest BCUT2D eigenvalue weighted by Crippen LogP contribution is 2.24. The molecule has 2 aromatic carbocycles. The summed E-state index contributed by atoms with van der Waals surface area (Å²) in [5.74, 6) is 0.0681. The number of carbonyl (C=O) groups excluding carboxylic acids is 2. The largest absolute Gasteiger partial charge is 0.326 e. The molecule has 0 aliphatic carbocycles. The second kappa shape index (κ2) is 9.40. The van der Waals surface area contributed by atoms with E-state index >= 15 is 0 Å². The van der Waals surface area contributed by atoms with Gasteiger partial charge in [-0.15, -0.1) is 0 Å². The van der Waals surface area contributed by atoms with E-state index in [9.17, 15) is 18.0 Å². The molecule has 1 fully saturated rings. The summed E-state index contributed by atoms with van der Waals surface area (Å²) in [5, 5.41) is 5.48. The van der Waals surface area contributed by atoms with Crippen LogP contribution in [0.3, 0.4) is 0 Å². The van der Waals surface area contributed by atoms with Crippen molar-refractivity contribution < 1.29 is 18.0 Å². The number of benzene rings is 2. The average Bonchev–Trinajstić information content (AvgIpc) is 2.74. The van der Waals surface area contributed by atoms with E-state index in [1.54, 1.807) is 43.3 Å². The molecule has 0 unspecified atom stereocenters. The Hall–Kier alpha value is -2.71. The molecule has 0 aromatic heterocycles. The van der Waals surface area contributed by atoms with Crippen LogP contribution in [-0.2, 0) is 14.8 Å². The van der Waals surface area contributed by atoms with Crippen LogP contribution in [0.15, 0.2) is 53.4 Å². The van der Waals surface area contributed by atoms with Crippen molar-refractivity contribution in [3.63, 3.8) is 0 Å². The molecule has 0 spiro atoms. The van der Waals surface area contributed by atoms with Gasteiger partial charge in [-0.3, -0.25) is 9.59 Å². The van der Waals surface area contributed by atoms with Crippen LogP contribution >= 0.6 is 0 Å². The fraction of sp³-hybridized carbons (Fsp3) is 0.364. The summed E-state index contributed by atoms with van der Waals surface area (Å²) in [4.78, 5) is 24.3. The number of piperidine rings is 1. The monoisotopic (exact) mass is 429 g/mol. The zero-order valence-electron chi connectivity index (χ0n) is 17.2. The minimum atomic E-state index is -3.52. The predicted octanol–water partition coefficient (Wildman–Crippen LogP) is 3.71. The topological polar surface area (TPSA) is 95.6 Å². The second-order valence-corrected chi connectivity index (χ2v) is 9.49. The quantitative estimate of drug-likeness (QED) is 0.732. The van der Waals surface area contributed by atoms with E-state index in [-0.39, 0.29) is 16.7 Å². The molecule has 2 aromatic rings. The van der Waals surface area contributed by atoms with E-state index in [4.69, 9.17) is 0 Å². The lowest BCUT2D eigenvalue weighted by Crippen LogP contribution is -2.37. The Labute approximate surface area is 177 Å². The van der Waals surface area contributed by atoms with E-state index in [2.05, 4.69) is 17.6 Å². The van der Waals surface area contributed by atoms with Gasteiger partial charge in [-0.2, -0.15) is 4.31 Å². The number of nitrogens with zero attached hydrogens (tertiary/aromatic N) is 1. The Balaban J connectivity index is 1.68. The van der Waals surface area contributed by atoms with Crippen LogP contribution in [0.25, 0.3) is 0 Å². The molecular formula is C22H27N3O4S. The van der Waals surface area contributed by atoms with Gasteiger partial charge in [-0.25, -0.2) is 8.42 Å². The number of hydrogen-bond acceptors (Lipinski definition) is 4. The van der Waals surface area contributed by atoms with Crippen LogP contribution in [0.2, 0.25) is 0 Å². The lowest BCUT2D eigenvalue weighted by molar-refractivity contribution is -0.115. The third-order valence-corrected chi connectivity index (χ3v) is 7.14. The Morgan fingerprint density at radius 3 is 2.30 bits per heavy atom. The van der Waals surface area contributed by atoms with Gasteiger partial charge in [-0.1, -0.05) is 19.9 Å². The number of anilines is 2. The molecule has 3 rings (SSSR count). The van der Waals surface area contributed by atoms with E-state index in [1.807, 2.05) is 0 Å². The highest BCUT2D eigenvalue weighted by atomic mass is 32.2. The molecular weight excluding hydrogens is 402 g/mol. The van der Waals surface area contributed by atoms with Crippen LogP contribution in [0.5, 0.6) is 0 Å². The number of nitrogens with one attached hydrogen (secondary N) is 2. The first kappa shape index (κ1) is 22.0. The molecule has 0 radical (unpaired) electrons. The van der Waals surface area contributed by atoms with Gasteiger partial charge >= 0.3 is 0 Å². The van der Waals surface area contributed by atoms with E-state index in [1.165, 1.54) is 16.4 Å². The van der Waals surface area contributed by atoms with Crippen molar-refractivity contribution in [2.75, 3.05) is 23.7 Å². The molecule has 2 N–H and O–H groups in total. The van der Waals surface area contributed by atoms with Crippen LogP contribution in [0, 0.1) is 5.92 Å². The normalized spacial score (nSPS) is 15.5. The molecule has 30 heavy (non-hydrogen) atoms. The van der Waals surface area contributed by atoms with Crippen molar-refractivity contribution in [1.82, 2.24) is 4.31 Å². The van der Waals surface area contributed by atoms with E-state index < -0.39 is 10.0 Å². The fourth-order valence-electron chi connectivity index (χ4n) is 3.28. The molecule has 0 bridgehead atoms. The van der Waals surface area contributed by atoms with Crippen molar-refractivity contribution in [2.24, 2.45) is 5.92 Å². The molecule has 1 saturated heterocycles. The third-order valence-electron chi connectivity index (χ3n) is 5.22. The molecule has 160 valence electrons. The van der Waals surface area contributed by atoms with Gasteiger partial charge < -0.3 is 10.6 Å². The first-order valence-corrected chi connectivity index (χ1v) is 11.5. The predicted molar refractivity (Wildman–Crippen MR) is 117 cm³/mol. The molecule has 2 amide bonds. The Bertz CT molecular complexity index is 1010. The minimum absolute atomic E-state index is 0.132. The Kier molecular flexibility index (Phi) is 6.89. The first-order valence-electron chi connectivity index (χ1n) is 10.1. The molecule has 1 heterocycles. The molecule has 0 saturated carbocycles. The minimum Gasteiger partial charge on any atom is -0.326 e. The van der Waals surface area contributed by atoms with Crippen LogP contribution in [0.4, 0.5) is 11.4 Å². The van der Waals surface area contributed by atoms with E-state index in [0.29, 0.717) is 42.4 Å². The van der Waals surface area contributed by atoms with Gasteiger partial charge in [0.15, 0.2) is 0 Å². The summed E-state index contributed by atoms with van der Waals surface area (Å²) in [6, 6.07) is 12.8. The smallest absolute Gasteiger partial charge is 0.255 e. The summed E-state index contributed by atoms with van der Waals surface area (Å²) < 4.78 is 27.1. The maximum atomic E-state index is 12.8. The van der Waals surface area contributed by atoms with Gasteiger partial charge in [0.1, 0.15) is 0 Å². The van der Waals surface area contributed by atoms with Crippen LogP contribution < -0.4 is 10.6 Å². The molecule has 0 atom stereocenters. The first-order chi connectivity index (χ1) is 14.3. The number of carbonyl (C=O) groups is 2. The second-order valence-electron chi connectivity index (χ2n) is 7.55.